The molecule has 0 aliphatic heterocycles. The van der Waals surface area contributed by atoms with Crippen LogP contribution in [0.2, 0.25) is 0 Å². The lowest BCUT2D eigenvalue weighted by Crippen LogP contribution is -2.37. The van der Waals surface area contributed by atoms with Crippen LogP contribution < -0.4 is 0 Å². The van der Waals surface area contributed by atoms with E-state index in [-0.39, 0.29) is 6.04 Å². The van der Waals surface area contributed by atoms with E-state index < -0.39 is 9.24 Å². The molecular formula is C8H16ClNO2S. The Labute approximate surface area is 84.6 Å². The highest BCUT2D eigenvalue weighted by Crippen LogP contribution is 2.28. The highest BCUT2D eigenvalue weighted by Gasteiger charge is 2.28. The number of hydrogen-bond acceptors (Lipinski definition) is 2. The summed E-state index contributed by atoms with van der Waals surface area (Å²) >= 11 is 0. The molecule has 0 saturated heterocycles. The van der Waals surface area contributed by atoms with Crippen LogP contribution in [0.1, 0.15) is 32.6 Å². The van der Waals surface area contributed by atoms with Crippen LogP contribution >= 0.6 is 10.7 Å². The largest absolute Gasteiger partial charge is 0.299 e. The normalized spacial score (nSPS) is 30.8. The van der Waals surface area contributed by atoms with Crippen molar-refractivity contribution in [2.24, 2.45) is 5.92 Å². The van der Waals surface area contributed by atoms with Crippen molar-refractivity contribution >= 4 is 19.9 Å². The molecule has 13 heavy (non-hydrogen) atoms. The average Bonchev–Trinajstić information content (AvgIpc) is 2.01. The molecule has 0 amide bonds. The van der Waals surface area contributed by atoms with Crippen LogP contribution in [0.15, 0.2) is 0 Å². The fourth-order valence-corrected chi connectivity index (χ4v) is 2.80. The zero-order valence-corrected chi connectivity index (χ0v) is 9.61. The van der Waals surface area contributed by atoms with E-state index in [0.717, 1.165) is 19.3 Å². The Morgan fingerprint density at radius 3 is 2.46 bits per heavy atom. The van der Waals surface area contributed by atoms with Gasteiger partial charge < -0.3 is 0 Å². The molecule has 1 fully saturated rings. The third kappa shape index (κ3) is 3.11. The third-order valence-electron chi connectivity index (χ3n) is 2.77. The molecule has 0 radical (unpaired) electrons. The first-order chi connectivity index (χ1) is 5.91. The van der Waals surface area contributed by atoms with Crippen LogP contribution in [0.5, 0.6) is 0 Å². The lowest BCUT2D eigenvalue weighted by molar-refractivity contribution is 0.242. The minimum Gasteiger partial charge on any atom is -0.195 e. The van der Waals surface area contributed by atoms with Gasteiger partial charge >= 0.3 is 0 Å². The zero-order chi connectivity index (χ0) is 10.1. The third-order valence-corrected chi connectivity index (χ3v) is 4.41. The van der Waals surface area contributed by atoms with Crippen molar-refractivity contribution in [2.75, 3.05) is 7.05 Å². The van der Waals surface area contributed by atoms with Crippen molar-refractivity contribution in [1.82, 2.24) is 4.31 Å². The molecule has 0 spiro atoms. The highest BCUT2D eigenvalue weighted by atomic mass is 35.7. The molecule has 0 N–H and O–H groups in total. The molecule has 0 heterocycles. The van der Waals surface area contributed by atoms with E-state index in [1.807, 2.05) is 0 Å². The number of hydrogen-bond donors (Lipinski definition) is 0. The second-order valence-corrected chi connectivity index (χ2v) is 6.45. The molecule has 0 bridgehead atoms. The van der Waals surface area contributed by atoms with Gasteiger partial charge in [-0.05, 0) is 18.8 Å². The van der Waals surface area contributed by atoms with Gasteiger partial charge in [-0.25, -0.2) is 0 Å². The number of nitrogens with zero attached hydrogens (tertiary/aromatic N) is 1. The maximum absolute atomic E-state index is 11.0. The molecule has 1 aliphatic rings. The fourth-order valence-electron chi connectivity index (χ4n) is 1.91. The van der Waals surface area contributed by atoms with Crippen LogP contribution in [0.4, 0.5) is 0 Å². The van der Waals surface area contributed by atoms with Gasteiger partial charge in [0.2, 0.25) is 0 Å². The van der Waals surface area contributed by atoms with Gasteiger partial charge in [0.15, 0.2) is 0 Å². The SMILES string of the molecule is CC1CCCC(N(C)S(=O)(=O)Cl)C1. The predicted molar refractivity (Wildman–Crippen MR) is 54.0 cm³/mol. The summed E-state index contributed by atoms with van der Waals surface area (Å²) in [7, 11) is 3.30. The van der Waals surface area contributed by atoms with Gasteiger partial charge in [-0.15, -0.1) is 0 Å². The van der Waals surface area contributed by atoms with E-state index >= 15 is 0 Å². The Morgan fingerprint density at radius 2 is 2.00 bits per heavy atom. The monoisotopic (exact) mass is 225 g/mol. The van der Waals surface area contributed by atoms with Crippen molar-refractivity contribution in [3.8, 4) is 0 Å². The number of halogens is 1. The first-order valence-electron chi connectivity index (χ1n) is 4.59. The van der Waals surface area contributed by atoms with Crippen molar-refractivity contribution in [3.05, 3.63) is 0 Å². The maximum Gasteiger partial charge on any atom is 0.299 e. The second-order valence-electron chi connectivity index (χ2n) is 3.88. The molecule has 0 aromatic carbocycles. The Morgan fingerprint density at radius 1 is 1.38 bits per heavy atom. The standard InChI is InChI=1S/C8H16ClNO2S/c1-7-4-3-5-8(6-7)10(2)13(9,11)12/h7-8H,3-6H2,1-2H3. The van der Waals surface area contributed by atoms with E-state index in [9.17, 15) is 8.42 Å². The van der Waals surface area contributed by atoms with Crippen molar-refractivity contribution in [3.63, 3.8) is 0 Å². The summed E-state index contributed by atoms with van der Waals surface area (Å²) in [6.07, 6.45) is 4.17. The zero-order valence-electron chi connectivity index (χ0n) is 8.03. The van der Waals surface area contributed by atoms with E-state index in [4.69, 9.17) is 10.7 Å². The van der Waals surface area contributed by atoms with E-state index in [0.29, 0.717) is 5.92 Å². The van der Waals surface area contributed by atoms with E-state index in [1.54, 1.807) is 7.05 Å². The summed E-state index contributed by atoms with van der Waals surface area (Å²) in [6, 6.07) is 0.103. The highest BCUT2D eigenvalue weighted by molar-refractivity contribution is 8.11. The van der Waals surface area contributed by atoms with E-state index in [2.05, 4.69) is 6.92 Å². The summed E-state index contributed by atoms with van der Waals surface area (Å²) in [6.45, 7) is 2.15. The molecule has 0 aromatic heterocycles. The predicted octanol–water partition coefficient (Wildman–Crippen LogP) is 1.98. The quantitative estimate of drug-likeness (QED) is 0.674. The molecule has 0 aromatic rings. The summed E-state index contributed by atoms with van der Waals surface area (Å²) < 4.78 is 23.4. The Hall–Kier alpha value is 0.200. The molecular weight excluding hydrogens is 210 g/mol. The summed E-state index contributed by atoms with van der Waals surface area (Å²) in [5.41, 5.74) is 0. The van der Waals surface area contributed by atoms with Crippen molar-refractivity contribution in [1.29, 1.82) is 0 Å². The minimum atomic E-state index is -3.52. The van der Waals surface area contributed by atoms with Gasteiger partial charge in [0, 0.05) is 23.8 Å². The lowest BCUT2D eigenvalue weighted by Gasteiger charge is -2.31. The second kappa shape index (κ2) is 4.15. The van der Waals surface area contributed by atoms with Crippen LogP contribution in [-0.4, -0.2) is 25.8 Å². The van der Waals surface area contributed by atoms with Gasteiger partial charge in [-0.3, -0.25) is 0 Å². The lowest BCUT2D eigenvalue weighted by atomic mass is 9.87. The molecule has 3 nitrogen and oxygen atoms in total. The summed E-state index contributed by atoms with van der Waals surface area (Å²) in [5, 5.41) is 0. The molecule has 1 aliphatic carbocycles. The summed E-state index contributed by atoms with van der Waals surface area (Å²) in [4.78, 5) is 0. The van der Waals surface area contributed by atoms with Crippen LogP contribution in [-0.2, 0) is 9.24 Å². The van der Waals surface area contributed by atoms with Gasteiger partial charge in [0.25, 0.3) is 9.24 Å². The van der Waals surface area contributed by atoms with Gasteiger partial charge in [0.1, 0.15) is 0 Å². The van der Waals surface area contributed by atoms with E-state index in [1.165, 1.54) is 10.7 Å². The van der Waals surface area contributed by atoms with Crippen LogP contribution in [0.25, 0.3) is 0 Å². The fraction of sp³-hybridized carbons (Fsp3) is 1.00. The van der Waals surface area contributed by atoms with Crippen LogP contribution in [0.3, 0.4) is 0 Å². The van der Waals surface area contributed by atoms with Gasteiger partial charge in [-0.2, -0.15) is 12.7 Å². The number of rotatable bonds is 2. The molecule has 1 saturated carbocycles. The smallest absolute Gasteiger partial charge is 0.195 e. The minimum absolute atomic E-state index is 0.103. The van der Waals surface area contributed by atoms with Crippen molar-refractivity contribution in [2.45, 2.75) is 38.6 Å². The maximum atomic E-state index is 11.0. The Kier molecular flexibility index (Phi) is 3.60. The molecule has 2 atom stereocenters. The van der Waals surface area contributed by atoms with Gasteiger partial charge in [-0.1, -0.05) is 19.8 Å². The van der Waals surface area contributed by atoms with Crippen LogP contribution in [0, 0.1) is 5.92 Å². The molecule has 2 unspecified atom stereocenters. The molecule has 78 valence electrons. The van der Waals surface area contributed by atoms with Gasteiger partial charge in [0.05, 0.1) is 0 Å². The summed E-state index contributed by atoms with van der Waals surface area (Å²) in [5.74, 6) is 0.611. The first-order valence-corrected chi connectivity index (χ1v) is 6.85. The molecule has 1 rings (SSSR count). The van der Waals surface area contributed by atoms with Crippen molar-refractivity contribution < 1.29 is 8.42 Å². The first kappa shape index (κ1) is 11.3. The molecule has 5 heteroatoms. The Balaban J connectivity index is 2.61. The average molecular weight is 226 g/mol. The Bertz CT molecular complexity index is 265. The topological polar surface area (TPSA) is 37.4 Å².